The summed E-state index contributed by atoms with van der Waals surface area (Å²) in [5.74, 6) is 0.686. The molecule has 0 saturated carbocycles. The molecule has 0 aliphatic heterocycles. The lowest BCUT2D eigenvalue weighted by Gasteiger charge is -2.13. The van der Waals surface area contributed by atoms with E-state index < -0.39 is 0 Å². The number of furan rings is 1. The Bertz CT molecular complexity index is 582. The van der Waals surface area contributed by atoms with E-state index in [2.05, 4.69) is 10.6 Å². The molecule has 0 radical (unpaired) electrons. The van der Waals surface area contributed by atoms with Gasteiger partial charge in [0.2, 0.25) is 5.91 Å². The molecule has 2 aromatic rings. The Hall–Kier alpha value is -1.78. The number of amides is 1. The van der Waals surface area contributed by atoms with E-state index in [1.807, 2.05) is 38.1 Å². The molecule has 2 rings (SSSR count). The first-order valence-corrected chi connectivity index (χ1v) is 6.77. The monoisotopic (exact) mass is 292 g/mol. The van der Waals surface area contributed by atoms with Gasteiger partial charge in [-0.25, -0.2) is 0 Å². The quantitative estimate of drug-likeness (QED) is 0.886. The van der Waals surface area contributed by atoms with Gasteiger partial charge in [-0.2, -0.15) is 0 Å². The number of anilines is 1. The number of hydrogen-bond acceptors (Lipinski definition) is 3. The second-order valence-corrected chi connectivity index (χ2v) is 4.99. The molecule has 0 bridgehead atoms. The van der Waals surface area contributed by atoms with E-state index in [1.165, 1.54) is 0 Å². The third-order valence-corrected chi connectivity index (χ3v) is 3.49. The normalized spacial score (nSPS) is 12.2. The lowest BCUT2D eigenvalue weighted by atomic mass is 10.2. The fourth-order valence-electron chi connectivity index (χ4n) is 1.82. The molecule has 0 saturated heterocycles. The van der Waals surface area contributed by atoms with E-state index in [-0.39, 0.29) is 18.5 Å². The van der Waals surface area contributed by atoms with E-state index in [0.717, 1.165) is 17.0 Å². The highest BCUT2D eigenvalue weighted by molar-refractivity contribution is 6.31. The first-order chi connectivity index (χ1) is 9.58. The van der Waals surface area contributed by atoms with E-state index in [9.17, 15) is 4.79 Å². The minimum Gasteiger partial charge on any atom is -0.468 e. The van der Waals surface area contributed by atoms with Gasteiger partial charge in [0.15, 0.2) is 0 Å². The van der Waals surface area contributed by atoms with Crippen LogP contribution in [0.25, 0.3) is 0 Å². The lowest BCUT2D eigenvalue weighted by Crippen LogP contribution is -2.30. The molecule has 1 aromatic heterocycles. The predicted octanol–water partition coefficient (Wildman–Crippen LogP) is 3.53. The van der Waals surface area contributed by atoms with Gasteiger partial charge in [-0.05, 0) is 43.7 Å². The van der Waals surface area contributed by atoms with Crippen LogP contribution >= 0.6 is 11.6 Å². The number of carbonyl (C=O) groups excluding carboxylic acids is 1. The smallest absolute Gasteiger partial charge is 0.238 e. The zero-order chi connectivity index (χ0) is 14.5. The van der Waals surface area contributed by atoms with E-state index in [0.29, 0.717) is 5.02 Å². The highest BCUT2D eigenvalue weighted by Crippen LogP contribution is 2.22. The average molecular weight is 293 g/mol. The van der Waals surface area contributed by atoms with Crippen molar-refractivity contribution in [1.82, 2.24) is 5.32 Å². The van der Waals surface area contributed by atoms with Gasteiger partial charge < -0.3 is 9.73 Å². The van der Waals surface area contributed by atoms with Crippen molar-refractivity contribution in [3.05, 3.63) is 52.9 Å². The van der Waals surface area contributed by atoms with Crippen molar-refractivity contribution in [1.29, 1.82) is 0 Å². The topological polar surface area (TPSA) is 54.3 Å². The van der Waals surface area contributed by atoms with Crippen LogP contribution in [0.3, 0.4) is 0 Å². The van der Waals surface area contributed by atoms with Crippen LogP contribution in [0.2, 0.25) is 5.02 Å². The highest BCUT2D eigenvalue weighted by Gasteiger charge is 2.11. The summed E-state index contributed by atoms with van der Waals surface area (Å²) in [5, 5.41) is 6.57. The predicted molar refractivity (Wildman–Crippen MR) is 79.9 cm³/mol. The third-order valence-electron chi connectivity index (χ3n) is 3.08. The van der Waals surface area contributed by atoms with Crippen LogP contribution in [-0.2, 0) is 4.79 Å². The Labute approximate surface area is 123 Å². The SMILES string of the molecule is Cc1c(Cl)cccc1NC(=O)CN[C@H](C)c1ccco1. The Balaban J connectivity index is 1.88. The van der Waals surface area contributed by atoms with Gasteiger partial charge in [-0.3, -0.25) is 10.1 Å². The van der Waals surface area contributed by atoms with Crippen molar-refractivity contribution < 1.29 is 9.21 Å². The minimum atomic E-state index is -0.117. The molecule has 106 valence electrons. The van der Waals surface area contributed by atoms with Crippen molar-refractivity contribution >= 4 is 23.2 Å². The molecule has 1 atom stereocenters. The summed E-state index contributed by atoms with van der Waals surface area (Å²) in [4.78, 5) is 11.9. The zero-order valence-electron chi connectivity index (χ0n) is 11.4. The summed E-state index contributed by atoms with van der Waals surface area (Å²) < 4.78 is 5.27. The molecule has 1 amide bonds. The Morgan fingerprint density at radius 3 is 2.85 bits per heavy atom. The average Bonchev–Trinajstić information content (AvgIpc) is 2.95. The molecule has 0 fully saturated rings. The van der Waals surface area contributed by atoms with Crippen LogP contribution in [0.5, 0.6) is 0 Å². The van der Waals surface area contributed by atoms with Gasteiger partial charge in [0, 0.05) is 10.7 Å². The number of benzene rings is 1. The molecule has 0 spiro atoms. The Kier molecular flexibility index (Phi) is 4.82. The minimum absolute atomic E-state index is 0.0174. The molecule has 0 unspecified atom stereocenters. The van der Waals surface area contributed by atoms with Crippen molar-refractivity contribution in [2.45, 2.75) is 19.9 Å². The molecule has 1 aromatic carbocycles. The standard InChI is InChI=1S/C15H17ClN2O2/c1-10-12(16)5-3-6-13(10)18-15(19)9-17-11(2)14-7-4-8-20-14/h3-8,11,17H,9H2,1-2H3,(H,18,19)/t11-/m1/s1. The first-order valence-electron chi connectivity index (χ1n) is 6.39. The summed E-state index contributed by atoms with van der Waals surface area (Å²) in [5.41, 5.74) is 1.59. The van der Waals surface area contributed by atoms with Crippen molar-refractivity contribution in [3.8, 4) is 0 Å². The van der Waals surface area contributed by atoms with Crippen LogP contribution in [0.15, 0.2) is 41.0 Å². The fourth-order valence-corrected chi connectivity index (χ4v) is 2.00. The summed E-state index contributed by atoms with van der Waals surface area (Å²) in [7, 11) is 0. The number of nitrogens with one attached hydrogen (secondary N) is 2. The molecule has 0 aliphatic rings. The second kappa shape index (κ2) is 6.59. The number of halogens is 1. The Morgan fingerprint density at radius 2 is 2.15 bits per heavy atom. The van der Waals surface area contributed by atoms with E-state index in [4.69, 9.17) is 16.0 Å². The molecular weight excluding hydrogens is 276 g/mol. The maximum Gasteiger partial charge on any atom is 0.238 e. The lowest BCUT2D eigenvalue weighted by molar-refractivity contribution is -0.115. The van der Waals surface area contributed by atoms with Gasteiger partial charge in [-0.1, -0.05) is 17.7 Å². The van der Waals surface area contributed by atoms with Crippen molar-refractivity contribution in [2.24, 2.45) is 0 Å². The van der Waals surface area contributed by atoms with E-state index in [1.54, 1.807) is 12.3 Å². The second-order valence-electron chi connectivity index (χ2n) is 4.58. The number of hydrogen-bond donors (Lipinski definition) is 2. The van der Waals surface area contributed by atoms with Crippen LogP contribution in [0.1, 0.15) is 24.3 Å². The molecular formula is C15H17ClN2O2. The van der Waals surface area contributed by atoms with Gasteiger partial charge in [0.1, 0.15) is 5.76 Å². The van der Waals surface area contributed by atoms with Gasteiger partial charge in [0.05, 0.1) is 18.8 Å². The van der Waals surface area contributed by atoms with Crippen LogP contribution in [-0.4, -0.2) is 12.5 Å². The maximum atomic E-state index is 11.9. The molecule has 5 heteroatoms. The first kappa shape index (κ1) is 14.6. The van der Waals surface area contributed by atoms with Crippen LogP contribution < -0.4 is 10.6 Å². The molecule has 0 aliphatic carbocycles. The number of rotatable bonds is 5. The Morgan fingerprint density at radius 1 is 1.35 bits per heavy atom. The largest absolute Gasteiger partial charge is 0.468 e. The van der Waals surface area contributed by atoms with Gasteiger partial charge in [-0.15, -0.1) is 0 Å². The number of carbonyl (C=O) groups is 1. The van der Waals surface area contributed by atoms with Gasteiger partial charge >= 0.3 is 0 Å². The highest BCUT2D eigenvalue weighted by atomic mass is 35.5. The van der Waals surface area contributed by atoms with E-state index >= 15 is 0 Å². The summed E-state index contributed by atoms with van der Waals surface area (Å²) >= 11 is 6.01. The maximum absolute atomic E-state index is 11.9. The molecule has 20 heavy (non-hydrogen) atoms. The fraction of sp³-hybridized carbons (Fsp3) is 0.267. The summed E-state index contributed by atoms with van der Waals surface area (Å²) in [6.07, 6.45) is 1.61. The summed E-state index contributed by atoms with van der Waals surface area (Å²) in [6.45, 7) is 4.02. The third kappa shape index (κ3) is 3.62. The molecule has 4 nitrogen and oxygen atoms in total. The van der Waals surface area contributed by atoms with Crippen molar-refractivity contribution in [3.63, 3.8) is 0 Å². The molecule has 2 N–H and O–H groups in total. The van der Waals surface area contributed by atoms with Crippen molar-refractivity contribution in [2.75, 3.05) is 11.9 Å². The summed E-state index contributed by atoms with van der Waals surface area (Å²) in [6, 6.07) is 9.11. The van der Waals surface area contributed by atoms with Crippen LogP contribution in [0.4, 0.5) is 5.69 Å². The zero-order valence-corrected chi connectivity index (χ0v) is 12.2. The van der Waals surface area contributed by atoms with Crippen LogP contribution in [0, 0.1) is 6.92 Å². The van der Waals surface area contributed by atoms with Gasteiger partial charge in [0.25, 0.3) is 0 Å². The molecule has 1 heterocycles.